The van der Waals surface area contributed by atoms with E-state index in [4.69, 9.17) is 10.5 Å². The van der Waals surface area contributed by atoms with E-state index in [0.29, 0.717) is 4.88 Å². The highest BCUT2D eigenvalue weighted by atomic mass is 32.1. The van der Waals surface area contributed by atoms with Gasteiger partial charge in [0.25, 0.3) is 5.91 Å². The lowest BCUT2D eigenvalue weighted by molar-refractivity contribution is 0.0611. The zero-order valence-corrected chi connectivity index (χ0v) is 12.3. The molecule has 1 aromatic rings. The Morgan fingerprint density at radius 2 is 2.30 bits per heavy atom. The Hall–Kier alpha value is -1.38. The molecule has 112 valence electrons. The number of ether oxygens (including phenoxy) is 1. The molecule has 0 spiro atoms. The minimum atomic E-state index is -0.726. The van der Waals surface area contributed by atoms with Gasteiger partial charge in [-0.2, -0.15) is 0 Å². The highest BCUT2D eigenvalue weighted by Gasteiger charge is 2.21. The molecule has 1 atom stereocenters. The maximum atomic E-state index is 12.0. The molecular formula is C12H20N4O3S. The number of nitrogens with one attached hydrogen (secondary N) is 1. The van der Waals surface area contributed by atoms with Gasteiger partial charge in [-0.15, -0.1) is 0 Å². The third kappa shape index (κ3) is 3.59. The molecule has 4 N–H and O–H groups in total. The maximum Gasteiger partial charge on any atom is 0.265 e. The topological polar surface area (TPSA) is 101 Å². The largest absolute Gasteiger partial charge is 0.389 e. The molecule has 1 unspecified atom stereocenters. The first kappa shape index (κ1) is 15.0. The van der Waals surface area contributed by atoms with Crippen molar-refractivity contribution >= 4 is 28.2 Å². The standard InChI is InChI=1S/C12H20N4O3S/c1-19-7-8(17)6-14-11(18)9-10(13)15-12(20-9)16-4-2-3-5-16/h8,17H,2-7,13H2,1H3,(H,14,18). The van der Waals surface area contributed by atoms with Crippen molar-refractivity contribution in [1.29, 1.82) is 0 Å². The van der Waals surface area contributed by atoms with E-state index >= 15 is 0 Å². The van der Waals surface area contributed by atoms with Gasteiger partial charge in [-0.05, 0) is 12.8 Å². The predicted octanol–water partition coefficient (Wildman–Crippen LogP) is 0.0626. The van der Waals surface area contributed by atoms with Crippen LogP contribution in [0.25, 0.3) is 0 Å². The number of carbonyl (C=O) groups excluding carboxylic acids is 1. The van der Waals surface area contributed by atoms with E-state index in [1.54, 1.807) is 0 Å². The third-order valence-electron chi connectivity index (χ3n) is 3.08. The van der Waals surface area contributed by atoms with Gasteiger partial charge in [0, 0.05) is 26.7 Å². The quantitative estimate of drug-likeness (QED) is 0.687. The van der Waals surface area contributed by atoms with Crippen molar-refractivity contribution < 1.29 is 14.6 Å². The van der Waals surface area contributed by atoms with E-state index in [0.717, 1.165) is 31.1 Å². The van der Waals surface area contributed by atoms with E-state index < -0.39 is 6.10 Å². The van der Waals surface area contributed by atoms with Crippen LogP contribution >= 0.6 is 11.3 Å². The van der Waals surface area contributed by atoms with E-state index in [1.165, 1.54) is 18.4 Å². The molecule has 1 saturated heterocycles. The van der Waals surface area contributed by atoms with Crippen LogP contribution in [0.1, 0.15) is 22.5 Å². The van der Waals surface area contributed by atoms with Crippen LogP contribution in [0.3, 0.4) is 0 Å². The smallest absolute Gasteiger partial charge is 0.265 e. The van der Waals surface area contributed by atoms with Crippen molar-refractivity contribution in [3.8, 4) is 0 Å². The van der Waals surface area contributed by atoms with Gasteiger partial charge in [0.05, 0.1) is 12.7 Å². The lowest BCUT2D eigenvalue weighted by Crippen LogP contribution is -2.34. The van der Waals surface area contributed by atoms with Crippen LogP contribution in [-0.4, -0.2) is 55.5 Å². The normalized spacial score (nSPS) is 16.4. The van der Waals surface area contributed by atoms with Gasteiger partial charge in [0.2, 0.25) is 0 Å². The van der Waals surface area contributed by atoms with Gasteiger partial charge in [0.1, 0.15) is 10.7 Å². The predicted molar refractivity (Wildman–Crippen MR) is 78.2 cm³/mol. The molecule has 1 aliphatic heterocycles. The number of hydrogen-bond acceptors (Lipinski definition) is 7. The first-order chi connectivity index (χ1) is 9.61. The Morgan fingerprint density at radius 1 is 1.60 bits per heavy atom. The number of thiazole rings is 1. The number of aromatic nitrogens is 1. The summed E-state index contributed by atoms with van der Waals surface area (Å²) in [6.45, 7) is 2.22. The Labute approximate surface area is 121 Å². The van der Waals surface area contributed by atoms with Gasteiger partial charge in [-0.25, -0.2) is 4.98 Å². The number of rotatable bonds is 6. The number of nitrogen functional groups attached to an aromatic ring is 1. The second-order valence-corrected chi connectivity index (χ2v) is 5.70. The molecule has 0 aromatic carbocycles. The number of anilines is 2. The summed E-state index contributed by atoms with van der Waals surface area (Å²) < 4.78 is 4.79. The lowest BCUT2D eigenvalue weighted by Gasteiger charge is -2.12. The van der Waals surface area contributed by atoms with E-state index in [-0.39, 0.29) is 24.9 Å². The number of aliphatic hydroxyl groups excluding tert-OH is 1. The summed E-state index contributed by atoms with van der Waals surface area (Å²) in [4.78, 5) is 18.8. The van der Waals surface area contributed by atoms with E-state index in [1.807, 2.05) is 0 Å². The van der Waals surface area contributed by atoms with Gasteiger partial charge in [-0.3, -0.25) is 4.79 Å². The fourth-order valence-corrected chi connectivity index (χ4v) is 3.02. The van der Waals surface area contributed by atoms with Crippen molar-refractivity contribution in [1.82, 2.24) is 10.3 Å². The molecule has 0 bridgehead atoms. The number of nitrogens with zero attached hydrogens (tertiary/aromatic N) is 2. The van der Waals surface area contributed by atoms with Crippen molar-refractivity contribution in [2.24, 2.45) is 0 Å². The minimum absolute atomic E-state index is 0.128. The van der Waals surface area contributed by atoms with Crippen LogP contribution in [0, 0.1) is 0 Å². The molecule has 1 amide bonds. The van der Waals surface area contributed by atoms with Crippen molar-refractivity contribution in [2.45, 2.75) is 18.9 Å². The molecule has 7 nitrogen and oxygen atoms in total. The van der Waals surface area contributed by atoms with E-state index in [9.17, 15) is 9.90 Å². The number of methoxy groups -OCH3 is 1. The Kier molecular flexibility index (Phi) is 5.16. The Morgan fingerprint density at radius 3 is 2.95 bits per heavy atom. The summed E-state index contributed by atoms with van der Waals surface area (Å²) in [6, 6.07) is 0. The highest BCUT2D eigenvalue weighted by molar-refractivity contribution is 7.18. The minimum Gasteiger partial charge on any atom is -0.389 e. The first-order valence-corrected chi connectivity index (χ1v) is 7.40. The summed E-state index contributed by atoms with van der Waals surface area (Å²) in [5.41, 5.74) is 5.80. The van der Waals surface area contributed by atoms with Crippen LogP contribution in [0.15, 0.2) is 0 Å². The zero-order valence-electron chi connectivity index (χ0n) is 11.5. The van der Waals surface area contributed by atoms with Gasteiger partial charge in [0.15, 0.2) is 5.13 Å². The Balaban J connectivity index is 1.95. The van der Waals surface area contributed by atoms with Crippen molar-refractivity contribution in [2.75, 3.05) is 44.0 Å². The van der Waals surface area contributed by atoms with Crippen LogP contribution in [-0.2, 0) is 4.74 Å². The van der Waals surface area contributed by atoms with Crippen molar-refractivity contribution in [3.63, 3.8) is 0 Å². The SMILES string of the molecule is COCC(O)CNC(=O)c1sc(N2CCCC2)nc1N. The first-order valence-electron chi connectivity index (χ1n) is 6.58. The number of aliphatic hydroxyl groups is 1. The van der Waals surface area contributed by atoms with Gasteiger partial charge < -0.3 is 25.8 Å². The summed E-state index contributed by atoms with van der Waals surface area (Å²) >= 11 is 1.29. The molecule has 0 saturated carbocycles. The second kappa shape index (κ2) is 6.87. The fraction of sp³-hybridized carbons (Fsp3) is 0.667. The Bertz CT molecular complexity index is 460. The molecule has 1 aliphatic rings. The van der Waals surface area contributed by atoms with Crippen LogP contribution < -0.4 is 16.0 Å². The molecule has 8 heteroatoms. The van der Waals surface area contributed by atoms with E-state index in [2.05, 4.69) is 15.2 Å². The number of amides is 1. The molecular weight excluding hydrogens is 280 g/mol. The fourth-order valence-electron chi connectivity index (χ4n) is 2.07. The molecule has 0 radical (unpaired) electrons. The number of hydrogen-bond donors (Lipinski definition) is 3. The third-order valence-corrected chi connectivity index (χ3v) is 4.21. The highest BCUT2D eigenvalue weighted by Crippen LogP contribution is 2.30. The lowest BCUT2D eigenvalue weighted by atomic mass is 10.3. The molecule has 2 rings (SSSR count). The molecule has 0 aliphatic carbocycles. The maximum absolute atomic E-state index is 12.0. The molecule has 20 heavy (non-hydrogen) atoms. The van der Waals surface area contributed by atoms with Crippen LogP contribution in [0.4, 0.5) is 10.9 Å². The number of carbonyl (C=O) groups is 1. The molecule has 1 fully saturated rings. The summed E-state index contributed by atoms with van der Waals surface area (Å²) in [7, 11) is 1.49. The number of nitrogens with two attached hydrogens (primary N) is 1. The summed E-state index contributed by atoms with van der Waals surface area (Å²) in [6.07, 6.45) is 1.56. The van der Waals surface area contributed by atoms with Crippen molar-refractivity contribution in [3.05, 3.63) is 4.88 Å². The second-order valence-electron chi connectivity index (χ2n) is 4.72. The average molecular weight is 300 g/mol. The van der Waals surface area contributed by atoms with Crippen LogP contribution in [0.5, 0.6) is 0 Å². The summed E-state index contributed by atoms with van der Waals surface area (Å²) in [5.74, 6) is -0.0590. The van der Waals surface area contributed by atoms with Gasteiger partial charge in [-0.1, -0.05) is 11.3 Å². The summed E-state index contributed by atoms with van der Waals surface area (Å²) in [5, 5.41) is 12.9. The zero-order chi connectivity index (χ0) is 14.5. The monoisotopic (exact) mass is 300 g/mol. The van der Waals surface area contributed by atoms with Gasteiger partial charge >= 0.3 is 0 Å². The van der Waals surface area contributed by atoms with Crippen LogP contribution in [0.2, 0.25) is 0 Å². The molecule has 1 aromatic heterocycles. The molecule has 2 heterocycles. The average Bonchev–Trinajstić information content (AvgIpc) is 3.05.